The summed E-state index contributed by atoms with van der Waals surface area (Å²) in [6.45, 7) is 3.71. The van der Waals surface area contributed by atoms with Crippen molar-refractivity contribution in [1.29, 1.82) is 0 Å². The van der Waals surface area contributed by atoms with E-state index >= 15 is 0 Å². The van der Waals surface area contributed by atoms with Gasteiger partial charge in [-0.15, -0.1) is 0 Å². The van der Waals surface area contributed by atoms with Crippen LogP contribution >= 0.6 is 0 Å². The second kappa shape index (κ2) is 7.99. The zero-order valence-corrected chi connectivity index (χ0v) is 12.6. The van der Waals surface area contributed by atoms with Gasteiger partial charge in [-0.3, -0.25) is 0 Å². The highest BCUT2D eigenvalue weighted by Gasteiger charge is 2.40. The lowest BCUT2D eigenvalue weighted by Gasteiger charge is -2.17. The molecule has 1 saturated heterocycles. The number of rotatable bonds is 9. The molecule has 8 nitrogen and oxygen atoms in total. The Morgan fingerprint density at radius 2 is 2.05 bits per heavy atom. The highest BCUT2D eigenvalue weighted by Crippen LogP contribution is 2.30. The molecule has 0 amide bonds. The van der Waals surface area contributed by atoms with Crippen molar-refractivity contribution in [3.05, 3.63) is 17.1 Å². The Bertz CT molecular complexity index is 469. The van der Waals surface area contributed by atoms with Crippen LogP contribution in [0.2, 0.25) is 6.32 Å². The second-order valence-electron chi connectivity index (χ2n) is 5.17. The molecule has 1 aliphatic heterocycles. The summed E-state index contributed by atoms with van der Waals surface area (Å²) >= 11 is 0. The van der Waals surface area contributed by atoms with E-state index in [4.69, 9.17) is 15.2 Å². The van der Waals surface area contributed by atoms with Crippen LogP contribution in [0.1, 0.15) is 12.8 Å². The van der Waals surface area contributed by atoms with Crippen molar-refractivity contribution in [2.24, 2.45) is 11.1 Å². The van der Waals surface area contributed by atoms with Gasteiger partial charge in [0, 0.05) is 25.6 Å². The van der Waals surface area contributed by atoms with E-state index in [0.717, 1.165) is 0 Å². The van der Waals surface area contributed by atoms with Gasteiger partial charge in [0.2, 0.25) is 10.0 Å². The van der Waals surface area contributed by atoms with E-state index in [1.165, 1.54) is 4.31 Å². The van der Waals surface area contributed by atoms with E-state index in [1.54, 1.807) is 0 Å². The maximum atomic E-state index is 12.0. The summed E-state index contributed by atoms with van der Waals surface area (Å²) in [5.41, 5.74) is 0.590. The quantitative estimate of drug-likeness (QED) is 0.289. The summed E-state index contributed by atoms with van der Waals surface area (Å²) in [7, 11) is -4.99. The zero-order chi connectivity index (χ0) is 16.0. The fraction of sp³-hybridized carbons (Fsp3) is 0.818. The number of aliphatic hydroxyl groups excluding tert-OH is 1. The van der Waals surface area contributed by atoms with Crippen molar-refractivity contribution in [1.82, 2.24) is 4.31 Å². The van der Waals surface area contributed by atoms with E-state index < -0.39 is 29.1 Å². The molecule has 0 aliphatic carbocycles. The van der Waals surface area contributed by atoms with E-state index in [9.17, 15) is 13.3 Å². The van der Waals surface area contributed by atoms with Crippen molar-refractivity contribution in [2.45, 2.75) is 25.2 Å². The van der Waals surface area contributed by atoms with Crippen LogP contribution in [0, 0.1) is 10.8 Å². The number of hydrogen-bond donors (Lipinski definition) is 3. The summed E-state index contributed by atoms with van der Waals surface area (Å²) in [6, 6.07) is -0.711. The van der Waals surface area contributed by atoms with Gasteiger partial charge >= 0.3 is 7.12 Å². The monoisotopic (exact) mass is 320 g/mol. The normalized spacial score (nSPS) is 23.2. The molecule has 3 N–H and O–H groups in total. The van der Waals surface area contributed by atoms with Crippen molar-refractivity contribution < 1.29 is 23.6 Å². The number of hydrogen-bond acceptors (Lipinski definition) is 7. The van der Waals surface area contributed by atoms with E-state index in [2.05, 4.69) is 11.8 Å². The van der Waals surface area contributed by atoms with Crippen molar-refractivity contribution in [3.8, 4) is 0 Å². The van der Waals surface area contributed by atoms with Crippen molar-refractivity contribution >= 4 is 17.1 Å². The minimum Gasteiger partial charge on any atom is -0.427 e. The molecule has 0 aromatic rings. The Balaban J connectivity index is 2.71. The molecule has 120 valence electrons. The molecule has 1 rings (SSSR count). The molecule has 0 saturated carbocycles. The Hall–Kier alpha value is -0.805. The summed E-state index contributed by atoms with van der Waals surface area (Å²) < 4.78 is 25.3. The summed E-state index contributed by atoms with van der Waals surface area (Å²) in [5, 5.41) is 29.4. The van der Waals surface area contributed by atoms with Crippen LogP contribution in [0.15, 0.2) is 17.3 Å². The predicted octanol–water partition coefficient (Wildman–Crippen LogP) is -0.815. The van der Waals surface area contributed by atoms with Crippen LogP contribution < -0.4 is 0 Å². The maximum Gasteiger partial charge on any atom is 0.451 e. The van der Waals surface area contributed by atoms with Gasteiger partial charge in [0.05, 0.1) is 5.75 Å². The lowest BCUT2D eigenvalue weighted by Crippen LogP contribution is -2.32. The van der Waals surface area contributed by atoms with Crippen molar-refractivity contribution in [2.75, 3.05) is 25.4 Å². The van der Waals surface area contributed by atoms with Crippen molar-refractivity contribution in [3.63, 3.8) is 0 Å². The Morgan fingerprint density at radius 3 is 2.57 bits per heavy atom. The molecule has 0 unspecified atom stereocenters. The molecule has 10 heteroatoms. The van der Waals surface area contributed by atoms with Gasteiger partial charge in [0.15, 0.2) is 0 Å². The zero-order valence-electron chi connectivity index (χ0n) is 11.8. The Labute approximate surface area is 124 Å². The van der Waals surface area contributed by atoms with Gasteiger partial charge in [0.1, 0.15) is 6.04 Å². The largest absolute Gasteiger partial charge is 0.451 e. The van der Waals surface area contributed by atoms with E-state index in [0.29, 0.717) is 12.0 Å². The smallest absolute Gasteiger partial charge is 0.427 e. The molecule has 1 heterocycles. The van der Waals surface area contributed by atoms with Gasteiger partial charge in [-0.25, -0.2) is 8.42 Å². The fourth-order valence-electron chi connectivity index (χ4n) is 2.36. The fourth-order valence-corrected chi connectivity index (χ4v) is 3.88. The average molecular weight is 320 g/mol. The lowest BCUT2D eigenvalue weighted by molar-refractivity contribution is 0.294. The molecule has 0 bridgehead atoms. The second-order valence-corrected chi connectivity index (χ2v) is 7.26. The third-order valence-electron chi connectivity index (χ3n) is 3.59. The first-order chi connectivity index (χ1) is 9.81. The number of sulfonamides is 1. The first kappa shape index (κ1) is 18.2. The highest BCUT2D eigenvalue weighted by atomic mass is 32.2. The lowest BCUT2D eigenvalue weighted by atomic mass is 9.80. The molecule has 2 atom stereocenters. The van der Waals surface area contributed by atoms with Gasteiger partial charge in [-0.1, -0.05) is 17.3 Å². The molecule has 0 aromatic heterocycles. The van der Waals surface area contributed by atoms with Crippen LogP contribution in [0.4, 0.5) is 0 Å². The van der Waals surface area contributed by atoms with Gasteiger partial charge < -0.3 is 15.2 Å². The summed E-state index contributed by atoms with van der Waals surface area (Å²) in [5.74, 6) is -0.589. The molecule has 1 fully saturated rings. The molecule has 0 spiro atoms. The Kier molecular flexibility index (Phi) is 6.94. The Morgan fingerprint density at radius 1 is 1.38 bits per heavy atom. The number of nitrogens with zero attached hydrogens (tertiary/aromatic N) is 2. The average Bonchev–Trinajstić information content (AvgIpc) is 2.87. The van der Waals surface area contributed by atoms with E-state index in [-0.39, 0.29) is 38.2 Å². The molecular formula is C11H21BN2O6S. The van der Waals surface area contributed by atoms with Gasteiger partial charge in [0.25, 0.3) is 0 Å². The highest BCUT2D eigenvalue weighted by molar-refractivity contribution is 7.89. The summed E-state index contributed by atoms with van der Waals surface area (Å²) in [4.78, 5) is 10.9. The third kappa shape index (κ3) is 5.15. The minimum atomic E-state index is -3.53. The van der Waals surface area contributed by atoms with E-state index in [1.807, 2.05) is 0 Å². The molecule has 21 heavy (non-hydrogen) atoms. The first-order valence-electron chi connectivity index (χ1n) is 6.76. The molecule has 0 radical (unpaired) electrons. The van der Waals surface area contributed by atoms with Crippen LogP contribution in [0.5, 0.6) is 0 Å². The van der Waals surface area contributed by atoms with Gasteiger partial charge in [-0.05, 0) is 19.2 Å². The summed E-state index contributed by atoms with van der Waals surface area (Å²) in [6.07, 6.45) is 0.511. The SMILES string of the molecule is C=C(CCB(O)O)[C@H]1CN(S(=O)(=O)CCCO)C[C@@H]1N=O. The maximum absolute atomic E-state index is 12.0. The third-order valence-corrected chi connectivity index (χ3v) is 5.48. The number of nitroso groups, excluding NO2 is 1. The molecule has 1 aliphatic rings. The van der Waals surface area contributed by atoms with Crippen LogP contribution in [0.3, 0.4) is 0 Å². The molecule has 0 aromatic carbocycles. The van der Waals surface area contributed by atoms with Gasteiger partial charge in [-0.2, -0.15) is 9.21 Å². The predicted molar refractivity (Wildman–Crippen MR) is 78.9 cm³/mol. The van der Waals surface area contributed by atoms with Crippen LogP contribution in [-0.2, 0) is 10.0 Å². The topological polar surface area (TPSA) is 128 Å². The van der Waals surface area contributed by atoms with Crippen LogP contribution in [-0.4, -0.2) is 66.5 Å². The first-order valence-corrected chi connectivity index (χ1v) is 8.37. The standard InChI is InChI=1S/C11H21BN2O6S/c1-9(3-4-12(16)17)10-7-14(8-11(10)13-18)21(19,20)6-2-5-15/h10-11,15-17H,1-8H2/t10-,11+/m1/s1. The minimum absolute atomic E-state index is 0.00261. The number of aliphatic hydroxyl groups is 1. The molecular weight excluding hydrogens is 299 g/mol. The van der Waals surface area contributed by atoms with Crippen LogP contribution in [0.25, 0.3) is 0 Å².